The van der Waals surface area contributed by atoms with Crippen molar-refractivity contribution in [3.63, 3.8) is 0 Å². The summed E-state index contributed by atoms with van der Waals surface area (Å²) in [4.78, 5) is 23.2. The van der Waals surface area contributed by atoms with Gasteiger partial charge in [0.15, 0.2) is 11.6 Å². The summed E-state index contributed by atoms with van der Waals surface area (Å²) in [5.74, 6) is -1.73. The third kappa shape index (κ3) is 3.10. The predicted octanol–water partition coefficient (Wildman–Crippen LogP) is 3.86. The molecule has 3 aromatic rings. The molecule has 4 nitrogen and oxygen atoms in total. The van der Waals surface area contributed by atoms with Gasteiger partial charge in [0.2, 0.25) is 5.12 Å². The Bertz CT molecular complexity index is 1030. The maximum Gasteiger partial charge on any atom is 0.287 e. The first-order valence-electron chi connectivity index (χ1n) is 8.04. The van der Waals surface area contributed by atoms with Crippen LogP contribution in [0.3, 0.4) is 0 Å². The molecule has 1 aliphatic rings. The summed E-state index contributed by atoms with van der Waals surface area (Å²) in [5, 5.41) is 3.14. The Morgan fingerprint density at radius 3 is 2.65 bits per heavy atom. The van der Waals surface area contributed by atoms with Crippen LogP contribution in [-0.2, 0) is 17.8 Å². The zero-order chi connectivity index (χ0) is 18.3. The molecule has 1 atom stereocenters. The summed E-state index contributed by atoms with van der Waals surface area (Å²) in [7, 11) is 0. The van der Waals surface area contributed by atoms with Gasteiger partial charge in [0.25, 0.3) is 5.24 Å². The van der Waals surface area contributed by atoms with E-state index < -0.39 is 17.7 Å². The molecule has 1 unspecified atom stereocenters. The number of benzene rings is 2. The van der Waals surface area contributed by atoms with Crippen molar-refractivity contribution in [2.45, 2.75) is 19.0 Å². The highest BCUT2D eigenvalue weighted by atomic mass is 32.2. The molecule has 0 bridgehead atoms. The molecule has 2 heterocycles. The number of thioether (sulfide) groups is 1. The highest BCUT2D eigenvalue weighted by Gasteiger charge is 2.31. The third-order valence-corrected chi connectivity index (χ3v) is 5.22. The van der Waals surface area contributed by atoms with Crippen molar-refractivity contribution >= 4 is 33.0 Å². The van der Waals surface area contributed by atoms with Gasteiger partial charge in [0, 0.05) is 41.8 Å². The minimum atomic E-state index is -0.868. The number of halogens is 2. The summed E-state index contributed by atoms with van der Waals surface area (Å²) >= 11 is 0.702. The van der Waals surface area contributed by atoms with E-state index in [0.717, 1.165) is 22.5 Å². The second-order valence-corrected chi connectivity index (χ2v) is 7.13. The maximum absolute atomic E-state index is 13.4. The topological polar surface area (TPSA) is 51.1 Å². The number of carbonyl (C=O) groups excluding carboxylic acids is 2. The Labute approximate surface area is 152 Å². The van der Waals surface area contributed by atoms with Crippen LogP contribution in [0.5, 0.6) is 0 Å². The number of aromatic nitrogens is 1. The number of amides is 1. The van der Waals surface area contributed by atoms with Crippen molar-refractivity contribution in [3.8, 4) is 0 Å². The van der Waals surface area contributed by atoms with Crippen molar-refractivity contribution in [1.82, 2.24) is 9.88 Å². The minimum Gasteiger partial charge on any atom is -0.343 e. The van der Waals surface area contributed by atoms with Crippen molar-refractivity contribution in [2.75, 3.05) is 0 Å². The minimum absolute atomic E-state index is 0.173. The van der Waals surface area contributed by atoms with E-state index in [1.165, 1.54) is 6.07 Å². The van der Waals surface area contributed by atoms with Crippen molar-refractivity contribution in [2.24, 2.45) is 0 Å². The van der Waals surface area contributed by atoms with E-state index >= 15 is 0 Å². The number of hydrogen-bond donors (Lipinski definition) is 1. The number of nitrogens with zero attached hydrogens (tertiary/aromatic N) is 1. The van der Waals surface area contributed by atoms with Crippen molar-refractivity contribution < 1.29 is 18.4 Å². The zero-order valence-corrected chi connectivity index (χ0v) is 14.4. The fourth-order valence-electron chi connectivity index (χ4n) is 3.19. The van der Waals surface area contributed by atoms with Crippen molar-refractivity contribution in [3.05, 3.63) is 71.4 Å². The van der Waals surface area contributed by atoms with Crippen LogP contribution in [0.15, 0.2) is 48.7 Å². The second kappa shape index (κ2) is 6.57. The van der Waals surface area contributed by atoms with E-state index in [1.54, 1.807) is 6.07 Å². The van der Waals surface area contributed by atoms with Gasteiger partial charge in [0.05, 0.1) is 0 Å². The number of nitrogens with one attached hydrogen (secondary N) is 1. The lowest BCUT2D eigenvalue weighted by Crippen LogP contribution is -2.30. The molecule has 0 radical (unpaired) electrons. The van der Waals surface area contributed by atoms with Gasteiger partial charge in [-0.05, 0) is 35.4 Å². The highest BCUT2D eigenvalue weighted by Crippen LogP contribution is 2.25. The smallest absolute Gasteiger partial charge is 0.287 e. The molecule has 1 aliphatic heterocycles. The van der Waals surface area contributed by atoms with E-state index in [9.17, 15) is 18.4 Å². The second-order valence-electron chi connectivity index (χ2n) is 6.15. The van der Waals surface area contributed by atoms with Crippen molar-refractivity contribution in [1.29, 1.82) is 0 Å². The monoisotopic (exact) mass is 372 g/mol. The molecule has 7 heteroatoms. The SMILES string of the molecule is O=C1NC(Cc2cccc3c2ccn3Cc2ccc(F)c(F)c2)C(=O)S1. The van der Waals surface area contributed by atoms with Crippen LogP contribution in [-0.4, -0.2) is 21.0 Å². The van der Waals surface area contributed by atoms with Gasteiger partial charge >= 0.3 is 0 Å². The first-order chi connectivity index (χ1) is 12.5. The number of carbonyl (C=O) groups is 2. The molecule has 0 aliphatic carbocycles. The van der Waals surface area contributed by atoms with Crippen LogP contribution in [0.1, 0.15) is 11.1 Å². The van der Waals surface area contributed by atoms with Crippen LogP contribution in [0.4, 0.5) is 13.6 Å². The van der Waals surface area contributed by atoms with E-state index in [2.05, 4.69) is 5.32 Å². The highest BCUT2D eigenvalue weighted by molar-refractivity contribution is 8.26. The van der Waals surface area contributed by atoms with Gasteiger partial charge < -0.3 is 9.88 Å². The summed E-state index contributed by atoms with van der Waals surface area (Å²) in [6, 6.07) is 11.0. The van der Waals surface area contributed by atoms with E-state index in [1.807, 2.05) is 35.0 Å². The summed E-state index contributed by atoms with van der Waals surface area (Å²) in [6.45, 7) is 0.402. The lowest BCUT2D eigenvalue weighted by Gasteiger charge is -2.10. The number of fused-ring (bicyclic) bond motifs is 1. The average Bonchev–Trinajstić information content (AvgIpc) is 3.15. The largest absolute Gasteiger partial charge is 0.343 e. The summed E-state index contributed by atoms with van der Waals surface area (Å²) in [6.07, 6.45) is 2.29. The van der Waals surface area contributed by atoms with Gasteiger partial charge in [0.1, 0.15) is 6.04 Å². The first kappa shape index (κ1) is 16.8. The normalized spacial score (nSPS) is 17.1. The quantitative estimate of drug-likeness (QED) is 0.757. The van der Waals surface area contributed by atoms with Gasteiger partial charge in [-0.3, -0.25) is 9.59 Å². The van der Waals surface area contributed by atoms with Gasteiger partial charge in [-0.1, -0.05) is 18.2 Å². The Morgan fingerprint density at radius 2 is 1.92 bits per heavy atom. The van der Waals surface area contributed by atoms with Crippen LogP contribution in [0.25, 0.3) is 10.9 Å². The molecule has 0 saturated carbocycles. The van der Waals surface area contributed by atoms with Crippen LogP contribution in [0.2, 0.25) is 0 Å². The fourth-order valence-corrected chi connectivity index (χ4v) is 3.85. The summed E-state index contributed by atoms with van der Waals surface area (Å²) in [5.41, 5.74) is 2.53. The molecule has 26 heavy (non-hydrogen) atoms. The Kier molecular flexibility index (Phi) is 4.24. The van der Waals surface area contributed by atoms with Gasteiger partial charge in [-0.15, -0.1) is 0 Å². The Morgan fingerprint density at radius 1 is 1.08 bits per heavy atom. The molecule has 1 aromatic heterocycles. The third-order valence-electron chi connectivity index (χ3n) is 4.43. The fraction of sp³-hybridized carbons (Fsp3) is 0.158. The molecule has 4 rings (SSSR count). The molecule has 1 N–H and O–H groups in total. The zero-order valence-electron chi connectivity index (χ0n) is 13.5. The first-order valence-corrected chi connectivity index (χ1v) is 8.86. The van der Waals surface area contributed by atoms with E-state index in [4.69, 9.17) is 0 Å². The van der Waals surface area contributed by atoms with E-state index in [-0.39, 0.29) is 10.4 Å². The van der Waals surface area contributed by atoms with E-state index in [0.29, 0.717) is 30.3 Å². The molecule has 0 spiro atoms. The van der Waals surface area contributed by atoms with Gasteiger partial charge in [-0.2, -0.15) is 0 Å². The van der Waals surface area contributed by atoms with Crippen LogP contribution in [0, 0.1) is 11.6 Å². The molecular formula is C19H14F2N2O2S. The standard InChI is InChI=1S/C19H14F2N2O2S/c20-14-5-4-11(8-15(14)21)10-23-7-6-13-12(2-1-3-17(13)23)9-16-18(24)26-19(25)22-16/h1-8,16H,9-10H2,(H,22,25). The molecule has 132 valence electrons. The Hall–Kier alpha value is -2.67. The van der Waals surface area contributed by atoms with Crippen LogP contribution < -0.4 is 5.32 Å². The number of hydrogen-bond acceptors (Lipinski definition) is 3. The predicted molar refractivity (Wildman–Crippen MR) is 96.0 cm³/mol. The Balaban J connectivity index is 1.63. The number of rotatable bonds is 4. The molecule has 1 amide bonds. The van der Waals surface area contributed by atoms with Gasteiger partial charge in [-0.25, -0.2) is 8.78 Å². The molecule has 1 saturated heterocycles. The average molecular weight is 372 g/mol. The van der Waals surface area contributed by atoms with Crippen LogP contribution >= 0.6 is 11.8 Å². The lowest BCUT2D eigenvalue weighted by atomic mass is 10.0. The molecule has 1 fully saturated rings. The molecule has 2 aromatic carbocycles. The lowest BCUT2D eigenvalue weighted by molar-refractivity contribution is -0.112. The maximum atomic E-state index is 13.4. The summed E-state index contributed by atoms with van der Waals surface area (Å²) < 4.78 is 28.5. The molecular weight excluding hydrogens is 358 g/mol.